The molecule has 2 N–H and O–H groups in total. The first-order valence-corrected chi connectivity index (χ1v) is 14.9. The van der Waals surface area contributed by atoms with Crippen molar-refractivity contribution in [1.29, 1.82) is 0 Å². The van der Waals surface area contributed by atoms with E-state index in [9.17, 15) is 24.3 Å². The van der Waals surface area contributed by atoms with E-state index >= 15 is 0 Å². The number of carboxylic acid groups (broad SMARTS) is 1. The number of carbonyl (C=O) groups is 4. The minimum Gasteiger partial charge on any atom is -0.480 e. The lowest BCUT2D eigenvalue weighted by atomic mass is 9.98. The van der Waals surface area contributed by atoms with Crippen LogP contribution < -0.4 is 14.8 Å². The molecule has 2 rings (SSSR count). The van der Waals surface area contributed by atoms with E-state index < -0.39 is 36.2 Å². The molecule has 1 aliphatic carbocycles. The van der Waals surface area contributed by atoms with Gasteiger partial charge in [-0.25, -0.2) is 4.79 Å². The maximum Gasteiger partial charge on any atom is 0.508 e. The predicted molar refractivity (Wildman–Crippen MR) is 153 cm³/mol. The number of carbonyl (C=O) groups excluding carboxylic acids is 3. The number of nitrogens with one attached hydrogen (secondary N) is 1. The molecule has 0 saturated heterocycles. The molecule has 0 heterocycles. The van der Waals surface area contributed by atoms with Crippen molar-refractivity contribution < 1.29 is 43.2 Å². The summed E-state index contributed by atoms with van der Waals surface area (Å²) in [4.78, 5) is 49.1. The van der Waals surface area contributed by atoms with E-state index in [2.05, 4.69) is 5.32 Å². The summed E-state index contributed by atoms with van der Waals surface area (Å²) in [6, 6.07) is 3.66. The van der Waals surface area contributed by atoms with E-state index in [4.69, 9.17) is 18.9 Å². The Morgan fingerprint density at radius 3 is 2.05 bits per heavy atom. The molecule has 1 saturated carbocycles. The molecular weight excluding hydrogens is 530 g/mol. The predicted octanol–water partition coefficient (Wildman–Crippen LogP) is 5.83. The third-order valence-electron chi connectivity index (χ3n) is 7.38. The Kier molecular flexibility index (Phi) is 14.6. The van der Waals surface area contributed by atoms with Gasteiger partial charge in [0.2, 0.25) is 0 Å². The number of hydrogen-bond acceptors (Lipinski definition) is 9. The topological polar surface area (TPSA) is 137 Å². The third-order valence-corrected chi connectivity index (χ3v) is 7.38. The molecule has 1 aromatic rings. The number of carboxylic acids is 1. The molecule has 4 atom stereocenters. The highest BCUT2D eigenvalue weighted by Gasteiger charge is 2.24. The first-order chi connectivity index (χ1) is 19.5. The highest BCUT2D eigenvalue weighted by Crippen LogP contribution is 2.31. The number of aliphatic carboxylic acids is 1. The normalized spacial score (nSPS) is 16.6. The summed E-state index contributed by atoms with van der Waals surface area (Å²) in [5.74, 6) is -1.56. The van der Waals surface area contributed by atoms with Crippen molar-refractivity contribution in [2.75, 3.05) is 6.54 Å². The molecule has 10 nitrogen and oxygen atoms in total. The van der Waals surface area contributed by atoms with Crippen LogP contribution in [0.4, 0.5) is 4.79 Å². The Hall–Kier alpha value is -3.14. The molecule has 1 aromatic carbocycles. The van der Waals surface area contributed by atoms with Gasteiger partial charge in [0.05, 0.1) is 0 Å². The minimum absolute atomic E-state index is 0.0472. The van der Waals surface area contributed by atoms with E-state index in [0.29, 0.717) is 5.56 Å². The molecule has 0 aromatic heterocycles. The summed E-state index contributed by atoms with van der Waals surface area (Å²) in [7, 11) is 0. The van der Waals surface area contributed by atoms with Gasteiger partial charge in [-0.1, -0.05) is 53.0 Å². The van der Waals surface area contributed by atoms with Crippen LogP contribution in [0.15, 0.2) is 18.2 Å². The van der Waals surface area contributed by atoms with Crippen LogP contribution in [0.25, 0.3) is 0 Å². The minimum atomic E-state index is -1.10. The van der Waals surface area contributed by atoms with Gasteiger partial charge in [0, 0.05) is 19.4 Å². The Labute approximate surface area is 243 Å². The van der Waals surface area contributed by atoms with Crippen molar-refractivity contribution in [2.24, 2.45) is 11.8 Å². The molecule has 0 spiro atoms. The fraction of sp³-hybridized carbons (Fsp3) is 0.677. The zero-order chi connectivity index (χ0) is 30.4. The fourth-order valence-corrected chi connectivity index (χ4v) is 4.37. The van der Waals surface area contributed by atoms with Crippen LogP contribution in [0.5, 0.6) is 11.5 Å². The summed E-state index contributed by atoms with van der Waals surface area (Å²) in [5, 5.41) is 12.7. The third kappa shape index (κ3) is 12.9. The molecule has 0 amide bonds. The summed E-state index contributed by atoms with van der Waals surface area (Å²) in [6.45, 7) is 9.60. The first kappa shape index (κ1) is 34.1. The Morgan fingerprint density at radius 2 is 1.49 bits per heavy atom. The van der Waals surface area contributed by atoms with Crippen LogP contribution in [0.1, 0.15) is 98.0 Å². The van der Waals surface area contributed by atoms with Gasteiger partial charge < -0.3 is 29.4 Å². The van der Waals surface area contributed by atoms with Crippen molar-refractivity contribution >= 4 is 24.1 Å². The van der Waals surface area contributed by atoms with Crippen molar-refractivity contribution in [3.8, 4) is 11.5 Å². The van der Waals surface area contributed by atoms with Gasteiger partial charge in [-0.3, -0.25) is 14.4 Å². The van der Waals surface area contributed by atoms with E-state index in [1.54, 1.807) is 13.0 Å². The van der Waals surface area contributed by atoms with Crippen molar-refractivity contribution in [3.63, 3.8) is 0 Å². The zero-order valence-corrected chi connectivity index (χ0v) is 25.1. The zero-order valence-electron chi connectivity index (χ0n) is 25.1. The summed E-state index contributed by atoms with van der Waals surface area (Å²) in [6.07, 6.45) is 5.43. The molecule has 0 aliphatic heterocycles. The quantitative estimate of drug-likeness (QED) is 0.182. The van der Waals surface area contributed by atoms with Crippen LogP contribution >= 0.6 is 0 Å². The van der Waals surface area contributed by atoms with Crippen molar-refractivity contribution in [1.82, 2.24) is 5.32 Å². The van der Waals surface area contributed by atoms with E-state index in [1.807, 2.05) is 27.7 Å². The fourth-order valence-electron chi connectivity index (χ4n) is 4.37. The largest absolute Gasteiger partial charge is 0.508 e. The van der Waals surface area contributed by atoms with Crippen molar-refractivity contribution in [3.05, 3.63) is 23.8 Å². The average molecular weight is 578 g/mol. The molecule has 41 heavy (non-hydrogen) atoms. The smallest absolute Gasteiger partial charge is 0.480 e. The Bertz CT molecular complexity index is 1010. The maximum atomic E-state index is 12.6. The highest BCUT2D eigenvalue weighted by molar-refractivity contribution is 5.77. The lowest BCUT2D eigenvalue weighted by Crippen LogP contribution is -2.43. The molecule has 0 radical (unpaired) electrons. The first-order valence-electron chi connectivity index (χ1n) is 14.9. The van der Waals surface area contributed by atoms with Gasteiger partial charge in [-0.15, -0.1) is 0 Å². The van der Waals surface area contributed by atoms with Crippen LogP contribution in [0.3, 0.4) is 0 Å². The summed E-state index contributed by atoms with van der Waals surface area (Å²) >= 11 is 0. The van der Waals surface area contributed by atoms with Crippen molar-refractivity contribution in [2.45, 2.75) is 117 Å². The molecule has 3 unspecified atom stereocenters. The average Bonchev–Trinajstić information content (AvgIpc) is 2.92. The number of benzene rings is 1. The summed E-state index contributed by atoms with van der Waals surface area (Å²) in [5.41, 5.74) is 0.559. The van der Waals surface area contributed by atoms with Gasteiger partial charge in [-0.05, 0) is 68.6 Å². The molecule has 10 heteroatoms. The number of ether oxygens (including phenoxy) is 4. The molecular formula is C31H47NO9. The second-order valence-corrected chi connectivity index (χ2v) is 11.2. The van der Waals surface area contributed by atoms with E-state index in [0.717, 1.165) is 44.9 Å². The second-order valence-electron chi connectivity index (χ2n) is 11.2. The molecule has 230 valence electrons. The standard InChI is InChI=1S/C31H47NO9/c1-6-20(3)15-28(33)40-26-14-13-23(18-27(26)41-29(34)16-21(4)7-2)17-25(30(35)36)32-19-22(5)38-31(37)39-24-11-9-8-10-12-24/h13-14,18,20-22,24-25,32H,6-12,15-17,19H2,1-5H3,(H,35,36)/t20?,21?,22?,25-/m0/s1. The Balaban J connectivity index is 2.06. The van der Waals surface area contributed by atoms with Gasteiger partial charge >= 0.3 is 24.1 Å². The number of rotatable bonds is 16. The second kappa shape index (κ2) is 17.6. The summed E-state index contributed by atoms with van der Waals surface area (Å²) < 4.78 is 21.8. The van der Waals surface area contributed by atoms with E-state index in [-0.39, 0.29) is 55.2 Å². The van der Waals surface area contributed by atoms with Crippen LogP contribution in [-0.4, -0.2) is 54.0 Å². The van der Waals surface area contributed by atoms with Crippen LogP contribution in [-0.2, 0) is 30.3 Å². The monoisotopic (exact) mass is 577 g/mol. The van der Waals surface area contributed by atoms with E-state index in [1.165, 1.54) is 12.1 Å². The van der Waals surface area contributed by atoms with Crippen LogP contribution in [0.2, 0.25) is 0 Å². The maximum absolute atomic E-state index is 12.6. The van der Waals surface area contributed by atoms with Crippen LogP contribution in [0, 0.1) is 11.8 Å². The number of esters is 2. The van der Waals surface area contributed by atoms with Gasteiger partial charge in [0.1, 0.15) is 18.2 Å². The molecule has 0 bridgehead atoms. The lowest BCUT2D eigenvalue weighted by molar-refractivity contribution is -0.139. The van der Waals surface area contributed by atoms with Gasteiger partial charge in [0.25, 0.3) is 0 Å². The molecule has 1 aliphatic rings. The van der Waals surface area contributed by atoms with Gasteiger partial charge in [0.15, 0.2) is 11.5 Å². The Morgan fingerprint density at radius 1 is 0.902 bits per heavy atom. The lowest BCUT2D eigenvalue weighted by Gasteiger charge is -2.23. The number of hydrogen-bond donors (Lipinski definition) is 2. The highest BCUT2D eigenvalue weighted by atomic mass is 16.7. The molecule has 1 fully saturated rings. The van der Waals surface area contributed by atoms with Gasteiger partial charge in [-0.2, -0.15) is 0 Å². The SMILES string of the molecule is CCC(C)CC(=O)Oc1ccc(C[C@H](NCC(C)OC(=O)OC2CCCCC2)C(=O)O)cc1OC(=O)CC(C)CC.